The molecular formula is C19H16N2O3. The first-order valence-electron chi connectivity index (χ1n) is 7.81. The molecule has 0 bridgehead atoms. The fraction of sp³-hybridized carbons (Fsp3) is 0.158. The van der Waals surface area contributed by atoms with Crippen LogP contribution in [0.4, 0.5) is 0 Å². The summed E-state index contributed by atoms with van der Waals surface area (Å²) in [6, 6.07) is 13.4. The van der Waals surface area contributed by atoms with Crippen molar-refractivity contribution in [2.75, 3.05) is 6.54 Å². The number of furan rings is 1. The number of carbonyl (C=O) groups is 1. The average molecular weight is 320 g/mol. The largest absolute Gasteiger partial charge is 0.488 e. The van der Waals surface area contributed by atoms with Crippen LogP contribution in [0.15, 0.2) is 65.5 Å². The third-order valence-electron chi connectivity index (χ3n) is 4.03. The van der Waals surface area contributed by atoms with Gasteiger partial charge in [0.1, 0.15) is 11.9 Å². The maximum absolute atomic E-state index is 11.9. The lowest BCUT2D eigenvalue weighted by molar-refractivity contribution is 0.0906. The third-order valence-corrected chi connectivity index (χ3v) is 4.03. The number of amides is 1. The van der Waals surface area contributed by atoms with Gasteiger partial charge in [-0.25, -0.2) is 0 Å². The molecule has 5 nitrogen and oxygen atoms in total. The van der Waals surface area contributed by atoms with Crippen molar-refractivity contribution in [3.8, 4) is 16.9 Å². The average Bonchev–Trinajstić information content (AvgIpc) is 3.29. The number of fused-ring (bicyclic) bond motifs is 1. The molecule has 0 aliphatic carbocycles. The third kappa shape index (κ3) is 2.88. The minimum Gasteiger partial charge on any atom is -0.488 e. The molecule has 120 valence electrons. The Labute approximate surface area is 139 Å². The van der Waals surface area contributed by atoms with Crippen molar-refractivity contribution < 1.29 is 13.9 Å². The summed E-state index contributed by atoms with van der Waals surface area (Å²) >= 11 is 0. The van der Waals surface area contributed by atoms with Crippen LogP contribution in [0, 0.1) is 0 Å². The summed E-state index contributed by atoms with van der Waals surface area (Å²) in [5.74, 6) is 0.958. The van der Waals surface area contributed by atoms with Gasteiger partial charge in [0.15, 0.2) is 5.76 Å². The molecule has 24 heavy (non-hydrogen) atoms. The molecule has 1 atom stereocenters. The summed E-state index contributed by atoms with van der Waals surface area (Å²) in [5, 5.41) is 2.84. The molecule has 1 N–H and O–H groups in total. The molecule has 2 aromatic heterocycles. The molecule has 5 heteroatoms. The fourth-order valence-corrected chi connectivity index (χ4v) is 2.85. The molecule has 1 aliphatic rings. The quantitative estimate of drug-likeness (QED) is 0.802. The highest BCUT2D eigenvalue weighted by Crippen LogP contribution is 2.32. The van der Waals surface area contributed by atoms with Crippen molar-refractivity contribution in [1.29, 1.82) is 0 Å². The highest BCUT2D eigenvalue weighted by atomic mass is 16.5. The number of benzene rings is 1. The van der Waals surface area contributed by atoms with Crippen molar-refractivity contribution in [2.24, 2.45) is 0 Å². The van der Waals surface area contributed by atoms with E-state index in [0.717, 1.165) is 28.9 Å². The van der Waals surface area contributed by atoms with Gasteiger partial charge >= 0.3 is 0 Å². The van der Waals surface area contributed by atoms with Gasteiger partial charge in [0.25, 0.3) is 5.91 Å². The fourth-order valence-electron chi connectivity index (χ4n) is 2.85. The van der Waals surface area contributed by atoms with E-state index < -0.39 is 0 Å². The van der Waals surface area contributed by atoms with Crippen molar-refractivity contribution in [1.82, 2.24) is 10.3 Å². The van der Waals surface area contributed by atoms with Crippen LogP contribution >= 0.6 is 0 Å². The summed E-state index contributed by atoms with van der Waals surface area (Å²) in [4.78, 5) is 16.1. The molecule has 0 unspecified atom stereocenters. The Hall–Kier alpha value is -3.08. The van der Waals surface area contributed by atoms with Crippen molar-refractivity contribution in [3.63, 3.8) is 0 Å². The summed E-state index contributed by atoms with van der Waals surface area (Å²) in [7, 11) is 0. The lowest BCUT2D eigenvalue weighted by atomic mass is 10.0. The van der Waals surface area contributed by atoms with E-state index in [1.165, 1.54) is 6.26 Å². The Morgan fingerprint density at radius 2 is 2.17 bits per heavy atom. The predicted molar refractivity (Wildman–Crippen MR) is 88.8 cm³/mol. The van der Waals surface area contributed by atoms with E-state index in [-0.39, 0.29) is 12.0 Å². The van der Waals surface area contributed by atoms with Gasteiger partial charge in [-0.3, -0.25) is 9.78 Å². The maximum Gasteiger partial charge on any atom is 0.287 e. The van der Waals surface area contributed by atoms with Crippen LogP contribution in [0.25, 0.3) is 11.1 Å². The molecular weight excluding hydrogens is 304 g/mol. The summed E-state index contributed by atoms with van der Waals surface area (Å²) < 4.78 is 11.0. The number of pyridine rings is 1. The van der Waals surface area contributed by atoms with Gasteiger partial charge < -0.3 is 14.5 Å². The van der Waals surface area contributed by atoms with Gasteiger partial charge in [0.2, 0.25) is 0 Å². The normalized spacial score (nSPS) is 15.6. The number of aromatic nitrogens is 1. The molecule has 1 aromatic carbocycles. The summed E-state index contributed by atoms with van der Waals surface area (Å²) in [6.07, 6.45) is 5.79. The Morgan fingerprint density at radius 3 is 2.96 bits per heavy atom. The second-order valence-corrected chi connectivity index (χ2v) is 5.70. The second kappa shape index (κ2) is 6.20. The molecule has 0 radical (unpaired) electrons. The van der Waals surface area contributed by atoms with Gasteiger partial charge in [-0.1, -0.05) is 12.1 Å². The second-order valence-electron chi connectivity index (χ2n) is 5.70. The Bertz CT molecular complexity index is 844. The van der Waals surface area contributed by atoms with Crippen molar-refractivity contribution >= 4 is 5.91 Å². The molecule has 4 rings (SSSR count). The Morgan fingerprint density at radius 1 is 1.21 bits per heavy atom. The monoisotopic (exact) mass is 320 g/mol. The van der Waals surface area contributed by atoms with Crippen LogP contribution in [-0.2, 0) is 6.42 Å². The highest BCUT2D eigenvalue weighted by Gasteiger charge is 2.24. The van der Waals surface area contributed by atoms with E-state index in [1.54, 1.807) is 18.3 Å². The summed E-state index contributed by atoms with van der Waals surface area (Å²) in [6.45, 7) is 0.441. The van der Waals surface area contributed by atoms with E-state index in [1.807, 2.05) is 30.5 Å². The summed E-state index contributed by atoms with van der Waals surface area (Å²) in [5.41, 5.74) is 3.34. The Kier molecular flexibility index (Phi) is 3.75. The van der Waals surface area contributed by atoms with Crippen LogP contribution in [0.3, 0.4) is 0 Å². The molecule has 3 heterocycles. The van der Waals surface area contributed by atoms with E-state index in [9.17, 15) is 4.79 Å². The number of nitrogens with zero attached hydrogens (tertiary/aromatic N) is 1. The molecule has 0 saturated heterocycles. The van der Waals surface area contributed by atoms with E-state index in [2.05, 4.69) is 16.4 Å². The van der Waals surface area contributed by atoms with Gasteiger partial charge in [-0.15, -0.1) is 0 Å². The van der Waals surface area contributed by atoms with Crippen LogP contribution < -0.4 is 10.1 Å². The molecule has 3 aromatic rings. The van der Waals surface area contributed by atoms with Crippen LogP contribution in [0.5, 0.6) is 5.75 Å². The molecule has 0 fully saturated rings. The molecule has 0 saturated carbocycles. The zero-order valence-electron chi connectivity index (χ0n) is 12.9. The van der Waals surface area contributed by atoms with E-state index in [4.69, 9.17) is 9.15 Å². The number of hydrogen-bond donors (Lipinski definition) is 1. The zero-order chi connectivity index (χ0) is 16.4. The van der Waals surface area contributed by atoms with Crippen LogP contribution in [-0.4, -0.2) is 23.5 Å². The number of hydrogen-bond acceptors (Lipinski definition) is 4. The number of carbonyl (C=O) groups excluding carboxylic acids is 1. The lowest BCUT2D eigenvalue weighted by Gasteiger charge is -2.11. The van der Waals surface area contributed by atoms with Gasteiger partial charge in [-0.2, -0.15) is 0 Å². The lowest BCUT2D eigenvalue weighted by Crippen LogP contribution is -2.34. The number of ether oxygens (including phenoxy) is 1. The first-order valence-corrected chi connectivity index (χ1v) is 7.81. The molecule has 0 spiro atoms. The highest BCUT2D eigenvalue weighted by molar-refractivity contribution is 5.91. The van der Waals surface area contributed by atoms with Crippen molar-refractivity contribution in [3.05, 3.63) is 72.4 Å². The first kappa shape index (κ1) is 14.5. The minimum absolute atomic E-state index is 0.0666. The van der Waals surface area contributed by atoms with Crippen LogP contribution in [0.2, 0.25) is 0 Å². The maximum atomic E-state index is 11.9. The number of rotatable bonds is 4. The molecule has 1 amide bonds. The standard InChI is InChI=1S/C19H16N2O3/c22-19(18-4-2-8-23-18)21-12-16-10-15-9-13(5-6-17(15)24-16)14-3-1-7-20-11-14/h1-9,11,16H,10,12H2,(H,21,22)/t16-/m0/s1. The van der Waals surface area contributed by atoms with Gasteiger partial charge in [0, 0.05) is 24.4 Å². The zero-order valence-corrected chi connectivity index (χ0v) is 12.9. The van der Waals surface area contributed by atoms with Gasteiger partial charge in [0.05, 0.1) is 12.8 Å². The van der Waals surface area contributed by atoms with Gasteiger partial charge in [-0.05, 0) is 41.5 Å². The Balaban J connectivity index is 1.42. The number of nitrogens with one attached hydrogen (secondary N) is 1. The predicted octanol–water partition coefficient (Wildman–Crippen LogP) is 3.08. The van der Waals surface area contributed by atoms with E-state index >= 15 is 0 Å². The minimum atomic E-state index is -0.226. The SMILES string of the molecule is O=C(NC[C@@H]1Cc2cc(-c3cccnc3)ccc2O1)c1ccco1. The molecule has 1 aliphatic heterocycles. The van der Waals surface area contributed by atoms with Crippen molar-refractivity contribution in [2.45, 2.75) is 12.5 Å². The van der Waals surface area contributed by atoms with Crippen LogP contribution in [0.1, 0.15) is 16.1 Å². The van der Waals surface area contributed by atoms with E-state index in [0.29, 0.717) is 12.3 Å². The smallest absolute Gasteiger partial charge is 0.287 e. The topological polar surface area (TPSA) is 64.4 Å². The first-order chi connectivity index (χ1) is 11.8.